The van der Waals surface area contributed by atoms with Gasteiger partial charge >= 0.3 is 0 Å². The first-order valence-electron chi connectivity index (χ1n) is 11.4. The Labute approximate surface area is 195 Å². The van der Waals surface area contributed by atoms with E-state index in [4.69, 9.17) is 9.47 Å². The normalized spacial score (nSPS) is 18.9. The molecule has 1 fully saturated rings. The van der Waals surface area contributed by atoms with Gasteiger partial charge in [-0.05, 0) is 59.7 Å². The lowest BCUT2D eigenvalue weighted by Gasteiger charge is -2.28. The third kappa shape index (κ3) is 6.17. The molecule has 0 saturated heterocycles. The fourth-order valence-corrected chi connectivity index (χ4v) is 4.58. The third-order valence-electron chi connectivity index (χ3n) is 6.39. The standard InChI is InChI=1S/C29H31FO3/c1-22(25-12-14-26(30)15-13-25)27-16-29(17-28(27)31,20-32-18-23-8-4-2-5-9-23)21-33-19-24-10-6-3-7-11-24/h2-15,28,31H,16-21H2,1H3/b27-22-/t28-/m0/s1. The van der Waals surface area contributed by atoms with Gasteiger partial charge < -0.3 is 14.6 Å². The van der Waals surface area contributed by atoms with Crippen LogP contribution in [0.15, 0.2) is 90.5 Å². The van der Waals surface area contributed by atoms with Gasteiger partial charge in [0.25, 0.3) is 0 Å². The lowest BCUT2D eigenvalue weighted by Crippen LogP contribution is -2.30. The smallest absolute Gasteiger partial charge is 0.123 e. The van der Waals surface area contributed by atoms with E-state index >= 15 is 0 Å². The largest absolute Gasteiger partial charge is 0.389 e. The zero-order valence-corrected chi connectivity index (χ0v) is 19.0. The van der Waals surface area contributed by atoms with Crippen molar-refractivity contribution < 1.29 is 19.0 Å². The number of benzene rings is 3. The maximum atomic E-state index is 13.4. The fourth-order valence-electron chi connectivity index (χ4n) is 4.58. The molecule has 1 aliphatic rings. The van der Waals surface area contributed by atoms with Gasteiger partial charge in [0, 0.05) is 5.41 Å². The van der Waals surface area contributed by atoms with Crippen LogP contribution in [0.5, 0.6) is 0 Å². The molecule has 1 saturated carbocycles. The van der Waals surface area contributed by atoms with Gasteiger partial charge in [0.15, 0.2) is 0 Å². The molecule has 0 spiro atoms. The molecule has 1 aliphatic carbocycles. The molecular weight excluding hydrogens is 415 g/mol. The van der Waals surface area contributed by atoms with Crippen LogP contribution in [0, 0.1) is 11.2 Å². The van der Waals surface area contributed by atoms with E-state index in [1.807, 2.05) is 67.6 Å². The van der Waals surface area contributed by atoms with Crippen LogP contribution >= 0.6 is 0 Å². The van der Waals surface area contributed by atoms with Gasteiger partial charge in [-0.25, -0.2) is 4.39 Å². The topological polar surface area (TPSA) is 38.7 Å². The molecule has 1 N–H and O–H groups in total. The van der Waals surface area contributed by atoms with E-state index in [9.17, 15) is 9.50 Å². The molecule has 0 radical (unpaired) electrons. The Morgan fingerprint density at radius 1 is 0.848 bits per heavy atom. The summed E-state index contributed by atoms with van der Waals surface area (Å²) in [4.78, 5) is 0. The Balaban J connectivity index is 1.50. The minimum atomic E-state index is -0.573. The van der Waals surface area contributed by atoms with Gasteiger partial charge in [0.1, 0.15) is 5.82 Å². The van der Waals surface area contributed by atoms with E-state index in [1.54, 1.807) is 12.1 Å². The minimum Gasteiger partial charge on any atom is -0.389 e. The number of halogens is 1. The lowest BCUT2D eigenvalue weighted by atomic mass is 9.87. The van der Waals surface area contributed by atoms with Gasteiger partial charge in [-0.15, -0.1) is 0 Å². The summed E-state index contributed by atoms with van der Waals surface area (Å²) in [7, 11) is 0. The zero-order chi connectivity index (χ0) is 23.1. The Bertz CT molecular complexity index is 1000. The number of ether oxygens (including phenoxy) is 2. The first-order chi connectivity index (χ1) is 16.0. The monoisotopic (exact) mass is 446 g/mol. The van der Waals surface area contributed by atoms with Gasteiger partial charge in [-0.3, -0.25) is 0 Å². The van der Waals surface area contributed by atoms with Crippen LogP contribution in [0.25, 0.3) is 5.57 Å². The minimum absolute atomic E-state index is 0.263. The number of aliphatic hydroxyl groups is 1. The van der Waals surface area contributed by atoms with Crippen LogP contribution in [0.1, 0.15) is 36.5 Å². The quantitative estimate of drug-likeness (QED) is 0.427. The number of hydrogen-bond acceptors (Lipinski definition) is 3. The van der Waals surface area contributed by atoms with Crippen molar-refractivity contribution in [1.82, 2.24) is 0 Å². The average molecular weight is 447 g/mol. The van der Waals surface area contributed by atoms with Crippen LogP contribution in [0.2, 0.25) is 0 Å². The summed E-state index contributed by atoms with van der Waals surface area (Å²) >= 11 is 0. The molecule has 4 heteroatoms. The molecule has 0 unspecified atom stereocenters. The van der Waals surface area contributed by atoms with Crippen molar-refractivity contribution in [2.45, 2.75) is 39.1 Å². The van der Waals surface area contributed by atoms with E-state index in [2.05, 4.69) is 0 Å². The number of allylic oxidation sites excluding steroid dienone is 1. The number of aliphatic hydroxyl groups excluding tert-OH is 1. The molecule has 0 amide bonds. The SMILES string of the molecule is C/C(=C1\CC(COCc2ccccc2)(COCc2ccccc2)C[C@@H]1O)c1ccc(F)cc1. The summed E-state index contributed by atoms with van der Waals surface area (Å²) in [5, 5.41) is 11.0. The van der Waals surface area contributed by atoms with Crippen molar-refractivity contribution in [3.63, 3.8) is 0 Å². The predicted molar refractivity (Wildman–Crippen MR) is 129 cm³/mol. The second kappa shape index (κ2) is 10.9. The molecule has 3 aromatic carbocycles. The second-order valence-electron chi connectivity index (χ2n) is 9.01. The van der Waals surface area contributed by atoms with E-state index in [1.165, 1.54) is 12.1 Å². The van der Waals surface area contributed by atoms with Crippen LogP contribution in [0.4, 0.5) is 4.39 Å². The van der Waals surface area contributed by atoms with E-state index in [0.717, 1.165) is 27.8 Å². The molecule has 3 nitrogen and oxygen atoms in total. The van der Waals surface area contributed by atoms with Gasteiger partial charge in [0.05, 0.1) is 32.5 Å². The van der Waals surface area contributed by atoms with Crippen molar-refractivity contribution in [2.24, 2.45) is 5.41 Å². The molecule has 0 aromatic heterocycles. The molecule has 3 aromatic rings. The molecule has 1 atom stereocenters. The van der Waals surface area contributed by atoms with Crippen molar-refractivity contribution in [2.75, 3.05) is 13.2 Å². The zero-order valence-electron chi connectivity index (χ0n) is 19.0. The van der Waals surface area contributed by atoms with Gasteiger partial charge in [0.2, 0.25) is 0 Å². The summed E-state index contributed by atoms with van der Waals surface area (Å²) in [6.45, 7) is 4.03. The molecule has 0 bridgehead atoms. The van der Waals surface area contributed by atoms with Crippen molar-refractivity contribution in [3.05, 3.63) is 113 Å². The van der Waals surface area contributed by atoms with Gasteiger partial charge in [-0.2, -0.15) is 0 Å². The van der Waals surface area contributed by atoms with Crippen LogP contribution < -0.4 is 0 Å². The van der Waals surface area contributed by atoms with Crippen LogP contribution in [-0.4, -0.2) is 24.4 Å². The van der Waals surface area contributed by atoms with Crippen molar-refractivity contribution in [3.8, 4) is 0 Å². The Hall–Kier alpha value is -2.79. The summed E-state index contributed by atoms with van der Waals surface area (Å²) in [6, 6.07) is 26.6. The molecule has 33 heavy (non-hydrogen) atoms. The summed E-state index contributed by atoms with van der Waals surface area (Å²) < 4.78 is 25.7. The number of rotatable bonds is 9. The maximum Gasteiger partial charge on any atom is 0.123 e. The molecular formula is C29H31FO3. The van der Waals surface area contributed by atoms with Crippen LogP contribution in [-0.2, 0) is 22.7 Å². The third-order valence-corrected chi connectivity index (χ3v) is 6.39. The average Bonchev–Trinajstić information content (AvgIpc) is 3.16. The Morgan fingerprint density at radius 2 is 1.36 bits per heavy atom. The highest BCUT2D eigenvalue weighted by Crippen LogP contribution is 2.45. The van der Waals surface area contributed by atoms with Crippen molar-refractivity contribution in [1.29, 1.82) is 0 Å². The second-order valence-corrected chi connectivity index (χ2v) is 9.01. The molecule has 0 aliphatic heterocycles. The van der Waals surface area contributed by atoms with Gasteiger partial charge in [-0.1, -0.05) is 72.8 Å². The first-order valence-corrected chi connectivity index (χ1v) is 11.4. The number of hydrogen-bond donors (Lipinski definition) is 1. The first kappa shape index (κ1) is 23.4. The van der Waals surface area contributed by atoms with E-state index < -0.39 is 6.10 Å². The van der Waals surface area contributed by atoms with Crippen LogP contribution in [0.3, 0.4) is 0 Å². The summed E-state index contributed by atoms with van der Waals surface area (Å²) in [5.41, 5.74) is 4.82. The molecule has 4 rings (SSSR count). The maximum absolute atomic E-state index is 13.4. The Kier molecular flexibility index (Phi) is 7.71. The summed E-state index contributed by atoms with van der Waals surface area (Å²) in [6.07, 6.45) is 0.682. The van der Waals surface area contributed by atoms with E-state index in [0.29, 0.717) is 39.3 Å². The molecule has 172 valence electrons. The van der Waals surface area contributed by atoms with E-state index in [-0.39, 0.29) is 11.2 Å². The lowest BCUT2D eigenvalue weighted by molar-refractivity contribution is -0.0349. The van der Waals surface area contributed by atoms with Crippen molar-refractivity contribution >= 4 is 5.57 Å². The highest BCUT2D eigenvalue weighted by Gasteiger charge is 2.43. The highest BCUT2D eigenvalue weighted by molar-refractivity contribution is 5.68. The summed E-state index contributed by atoms with van der Waals surface area (Å²) in [5.74, 6) is -0.263. The Morgan fingerprint density at radius 3 is 1.88 bits per heavy atom. The fraction of sp³-hybridized carbons (Fsp3) is 0.310. The molecule has 0 heterocycles. The highest BCUT2D eigenvalue weighted by atomic mass is 19.1. The predicted octanol–water partition coefficient (Wildman–Crippen LogP) is 6.17.